The van der Waals surface area contributed by atoms with Gasteiger partial charge in [0, 0.05) is 44.7 Å². The maximum Gasteiger partial charge on any atom is 0.221 e. The van der Waals surface area contributed by atoms with Crippen molar-refractivity contribution in [2.75, 3.05) is 40.3 Å². The van der Waals surface area contributed by atoms with E-state index >= 15 is 0 Å². The zero-order valence-electron chi connectivity index (χ0n) is 14.1. The second-order valence-electron chi connectivity index (χ2n) is 6.51. The predicted molar refractivity (Wildman–Crippen MR) is 85.7 cm³/mol. The Morgan fingerprint density at radius 2 is 1.75 bits per heavy atom. The zero-order chi connectivity index (χ0) is 15.7. The van der Waals surface area contributed by atoms with Gasteiger partial charge in [-0.1, -0.05) is 13.8 Å². The molecular formula is C15H34N4O. The number of hydrogen-bond acceptors (Lipinski definition) is 4. The van der Waals surface area contributed by atoms with E-state index in [-0.39, 0.29) is 18.0 Å². The molecule has 0 aromatic rings. The molecule has 0 aliphatic heterocycles. The molecule has 5 heteroatoms. The molecule has 120 valence electrons. The van der Waals surface area contributed by atoms with Crippen LogP contribution in [0.5, 0.6) is 0 Å². The Hall–Kier alpha value is -0.650. The molecule has 0 rings (SSSR count). The molecular weight excluding hydrogens is 252 g/mol. The van der Waals surface area contributed by atoms with Crippen LogP contribution in [-0.2, 0) is 4.79 Å². The number of nitrogens with two attached hydrogens (primary N) is 1. The van der Waals surface area contributed by atoms with Crippen LogP contribution in [0.3, 0.4) is 0 Å². The molecule has 0 saturated carbocycles. The smallest absolute Gasteiger partial charge is 0.221 e. The van der Waals surface area contributed by atoms with E-state index in [2.05, 4.69) is 43.1 Å². The van der Waals surface area contributed by atoms with Gasteiger partial charge in [-0.25, -0.2) is 0 Å². The first-order chi connectivity index (χ1) is 9.26. The van der Waals surface area contributed by atoms with Gasteiger partial charge in [-0.3, -0.25) is 9.69 Å². The van der Waals surface area contributed by atoms with Crippen molar-refractivity contribution in [3.63, 3.8) is 0 Å². The van der Waals surface area contributed by atoms with Crippen LogP contribution in [0, 0.1) is 5.92 Å². The molecule has 5 nitrogen and oxygen atoms in total. The maximum atomic E-state index is 11.9. The summed E-state index contributed by atoms with van der Waals surface area (Å²) in [6.45, 7) is 11.8. The monoisotopic (exact) mass is 286 g/mol. The third-order valence-corrected chi connectivity index (χ3v) is 3.09. The second-order valence-corrected chi connectivity index (χ2v) is 6.51. The van der Waals surface area contributed by atoms with Crippen molar-refractivity contribution in [1.82, 2.24) is 15.1 Å². The van der Waals surface area contributed by atoms with Gasteiger partial charge in [0.25, 0.3) is 0 Å². The van der Waals surface area contributed by atoms with Gasteiger partial charge in [0.1, 0.15) is 0 Å². The molecule has 0 aliphatic rings. The summed E-state index contributed by atoms with van der Waals surface area (Å²) in [5.41, 5.74) is 5.90. The number of carbonyl (C=O) groups is 1. The van der Waals surface area contributed by atoms with Gasteiger partial charge in [0.2, 0.25) is 5.91 Å². The van der Waals surface area contributed by atoms with Crippen molar-refractivity contribution in [3.05, 3.63) is 0 Å². The lowest BCUT2D eigenvalue weighted by Gasteiger charge is -2.33. The van der Waals surface area contributed by atoms with Crippen molar-refractivity contribution in [1.29, 1.82) is 0 Å². The highest BCUT2D eigenvalue weighted by molar-refractivity contribution is 5.76. The molecule has 20 heavy (non-hydrogen) atoms. The van der Waals surface area contributed by atoms with Crippen molar-refractivity contribution < 1.29 is 4.79 Å². The summed E-state index contributed by atoms with van der Waals surface area (Å²) in [6.07, 6.45) is 0.481. The van der Waals surface area contributed by atoms with Gasteiger partial charge in [-0.05, 0) is 33.9 Å². The Balaban J connectivity index is 4.57. The molecule has 0 radical (unpaired) electrons. The summed E-state index contributed by atoms with van der Waals surface area (Å²) >= 11 is 0. The molecule has 0 heterocycles. The Kier molecular flexibility index (Phi) is 9.80. The summed E-state index contributed by atoms with van der Waals surface area (Å²) in [5.74, 6) is 0.661. The summed E-state index contributed by atoms with van der Waals surface area (Å²) in [4.78, 5) is 16.5. The first kappa shape index (κ1) is 19.4. The predicted octanol–water partition coefficient (Wildman–Crippen LogP) is 0.748. The highest BCUT2D eigenvalue weighted by Gasteiger charge is 2.21. The second kappa shape index (κ2) is 10.1. The summed E-state index contributed by atoms with van der Waals surface area (Å²) < 4.78 is 0. The number of nitrogens with one attached hydrogen (secondary N) is 1. The highest BCUT2D eigenvalue weighted by Crippen LogP contribution is 2.08. The van der Waals surface area contributed by atoms with Crippen molar-refractivity contribution in [3.8, 4) is 0 Å². The topological polar surface area (TPSA) is 61.6 Å². The number of hydrogen-bond donors (Lipinski definition) is 2. The summed E-state index contributed by atoms with van der Waals surface area (Å²) in [6, 6.07) is 0.303. The normalized spacial score (nSPS) is 13.6. The van der Waals surface area contributed by atoms with Crippen molar-refractivity contribution in [2.45, 2.75) is 46.2 Å². The molecule has 0 saturated heterocycles. The fourth-order valence-corrected chi connectivity index (χ4v) is 2.18. The molecule has 0 bridgehead atoms. The van der Waals surface area contributed by atoms with Crippen molar-refractivity contribution in [2.24, 2.45) is 11.7 Å². The van der Waals surface area contributed by atoms with Crippen LogP contribution in [0.2, 0.25) is 0 Å². The average Bonchev–Trinajstić information content (AvgIpc) is 2.30. The highest BCUT2D eigenvalue weighted by atomic mass is 16.1. The minimum absolute atomic E-state index is 0.0917. The fourth-order valence-electron chi connectivity index (χ4n) is 2.18. The van der Waals surface area contributed by atoms with Crippen LogP contribution in [0.1, 0.15) is 34.1 Å². The average molecular weight is 286 g/mol. The third-order valence-electron chi connectivity index (χ3n) is 3.09. The minimum Gasteiger partial charge on any atom is -0.354 e. The standard InChI is InChI=1S/C15H34N4O/c1-12(2)11-19(8-7-18(5)6)14(10-16)9-15(20)17-13(3)4/h12-14H,7-11,16H2,1-6H3,(H,17,20). The van der Waals surface area contributed by atoms with E-state index in [4.69, 9.17) is 5.73 Å². The van der Waals surface area contributed by atoms with Gasteiger partial charge in [0.15, 0.2) is 0 Å². The van der Waals surface area contributed by atoms with Gasteiger partial charge in [-0.15, -0.1) is 0 Å². The van der Waals surface area contributed by atoms with Gasteiger partial charge in [0.05, 0.1) is 0 Å². The molecule has 3 N–H and O–H groups in total. The molecule has 1 atom stereocenters. The maximum absolute atomic E-state index is 11.9. The SMILES string of the molecule is CC(C)CN(CCN(C)C)C(CN)CC(=O)NC(C)C. The molecule has 0 fully saturated rings. The van der Waals surface area contributed by atoms with Gasteiger partial charge < -0.3 is 16.0 Å². The number of likely N-dealkylation sites (N-methyl/N-ethyl adjacent to an activating group) is 1. The lowest BCUT2D eigenvalue weighted by atomic mass is 10.1. The van der Waals surface area contributed by atoms with E-state index in [9.17, 15) is 4.79 Å². The number of nitrogens with zero attached hydrogens (tertiary/aromatic N) is 2. The van der Waals surface area contributed by atoms with E-state index in [1.54, 1.807) is 0 Å². The Bertz CT molecular complexity index is 267. The number of rotatable bonds is 10. The van der Waals surface area contributed by atoms with Crippen LogP contribution in [0.25, 0.3) is 0 Å². The molecule has 1 unspecified atom stereocenters. The summed E-state index contributed by atoms with van der Waals surface area (Å²) in [7, 11) is 4.13. The van der Waals surface area contributed by atoms with Crippen LogP contribution in [-0.4, -0.2) is 68.1 Å². The molecule has 1 amide bonds. The van der Waals surface area contributed by atoms with Gasteiger partial charge in [-0.2, -0.15) is 0 Å². The Morgan fingerprint density at radius 3 is 2.15 bits per heavy atom. The largest absolute Gasteiger partial charge is 0.354 e. The first-order valence-corrected chi connectivity index (χ1v) is 7.64. The molecule has 0 spiro atoms. The fraction of sp³-hybridized carbons (Fsp3) is 0.933. The molecule has 0 aromatic carbocycles. The van der Waals surface area contributed by atoms with Crippen molar-refractivity contribution >= 4 is 5.91 Å². The quantitative estimate of drug-likeness (QED) is 0.622. The lowest BCUT2D eigenvalue weighted by Crippen LogP contribution is -2.48. The first-order valence-electron chi connectivity index (χ1n) is 7.64. The van der Waals surface area contributed by atoms with Crippen LogP contribution in [0.4, 0.5) is 0 Å². The Labute approximate surface area is 124 Å². The lowest BCUT2D eigenvalue weighted by molar-refractivity contribution is -0.122. The van der Waals surface area contributed by atoms with E-state index in [1.807, 2.05) is 13.8 Å². The van der Waals surface area contributed by atoms with Crippen LogP contribution in [0.15, 0.2) is 0 Å². The number of carbonyl (C=O) groups excluding carboxylic acids is 1. The van der Waals surface area contributed by atoms with E-state index in [0.29, 0.717) is 18.9 Å². The van der Waals surface area contributed by atoms with E-state index in [0.717, 1.165) is 19.6 Å². The van der Waals surface area contributed by atoms with E-state index in [1.165, 1.54) is 0 Å². The zero-order valence-corrected chi connectivity index (χ0v) is 14.1. The summed E-state index contributed by atoms with van der Waals surface area (Å²) in [5, 5.41) is 2.95. The van der Waals surface area contributed by atoms with Gasteiger partial charge >= 0.3 is 0 Å². The minimum atomic E-state index is 0.0917. The third kappa shape index (κ3) is 9.28. The molecule has 0 aromatic heterocycles. The van der Waals surface area contributed by atoms with Crippen LogP contribution >= 0.6 is 0 Å². The van der Waals surface area contributed by atoms with Crippen LogP contribution < -0.4 is 11.1 Å². The number of amides is 1. The molecule has 0 aliphatic carbocycles. The Morgan fingerprint density at radius 1 is 1.15 bits per heavy atom. The van der Waals surface area contributed by atoms with E-state index < -0.39 is 0 Å².